The van der Waals surface area contributed by atoms with Crippen LogP contribution in [0.1, 0.15) is 12.0 Å². The number of nitrogens with one attached hydrogen (secondary N) is 1. The van der Waals surface area contributed by atoms with Gasteiger partial charge in [0, 0.05) is 36.3 Å². The van der Waals surface area contributed by atoms with Gasteiger partial charge >= 0.3 is 0 Å². The van der Waals surface area contributed by atoms with Gasteiger partial charge in [-0.25, -0.2) is 9.97 Å². The quantitative estimate of drug-likeness (QED) is 0.564. The van der Waals surface area contributed by atoms with Gasteiger partial charge in [0.15, 0.2) is 5.13 Å². The number of carbonyl (C=O) groups is 1. The van der Waals surface area contributed by atoms with Crippen molar-refractivity contribution in [2.75, 3.05) is 5.32 Å². The third kappa shape index (κ3) is 3.67. The van der Waals surface area contributed by atoms with Gasteiger partial charge in [-0.3, -0.25) is 19.1 Å². The number of carbonyl (C=O) groups excluding carboxylic acids is 1. The summed E-state index contributed by atoms with van der Waals surface area (Å²) in [5.41, 5.74) is 3.16. The van der Waals surface area contributed by atoms with Crippen LogP contribution in [0.2, 0.25) is 0 Å². The molecule has 0 aliphatic rings. The lowest BCUT2D eigenvalue weighted by Gasteiger charge is -2.07. The van der Waals surface area contributed by atoms with Gasteiger partial charge < -0.3 is 5.32 Å². The normalized spacial score (nSPS) is 10.9. The maximum Gasteiger partial charge on any atom is 0.261 e. The molecule has 28 heavy (non-hydrogen) atoms. The molecule has 0 unspecified atom stereocenters. The first-order chi connectivity index (χ1) is 13.6. The fourth-order valence-corrected chi connectivity index (χ4v) is 3.61. The van der Waals surface area contributed by atoms with E-state index < -0.39 is 0 Å². The molecule has 3 aromatic heterocycles. The van der Waals surface area contributed by atoms with Gasteiger partial charge in [-0.2, -0.15) is 0 Å². The Morgan fingerprint density at radius 2 is 2.14 bits per heavy atom. The van der Waals surface area contributed by atoms with Crippen molar-refractivity contribution >= 4 is 33.3 Å². The second-order valence-corrected chi connectivity index (χ2v) is 7.15. The molecule has 0 fully saturated rings. The standard InChI is InChI=1S/C20H17N5O2S/c1-13-4-2-6-15-18(13)22-12-25(19(15)27)9-7-17(26)24-20-23-16(11-28-20)14-5-3-8-21-10-14/h2-6,8,10-12H,7,9H2,1H3,(H,23,24,26). The Hall–Kier alpha value is -3.39. The monoisotopic (exact) mass is 391 g/mol. The van der Waals surface area contributed by atoms with E-state index in [1.54, 1.807) is 18.5 Å². The Bertz CT molecular complexity index is 1200. The average Bonchev–Trinajstić information content (AvgIpc) is 3.17. The highest BCUT2D eigenvalue weighted by Gasteiger charge is 2.10. The fraction of sp³-hybridized carbons (Fsp3) is 0.150. The van der Waals surface area contributed by atoms with Crippen molar-refractivity contribution in [1.82, 2.24) is 19.5 Å². The number of para-hydroxylation sites is 1. The van der Waals surface area contributed by atoms with E-state index in [-0.39, 0.29) is 24.4 Å². The van der Waals surface area contributed by atoms with Crippen molar-refractivity contribution in [3.05, 3.63) is 70.4 Å². The molecule has 0 radical (unpaired) electrons. The largest absolute Gasteiger partial charge is 0.302 e. The summed E-state index contributed by atoms with van der Waals surface area (Å²) in [4.78, 5) is 37.7. The Morgan fingerprint density at radius 1 is 1.25 bits per heavy atom. The van der Waals surface area contributed by atoms with E-state index in [0.29, 0.717) is 16.0 Å². The van der Waals surface area contributed by atoms with Gasteiger partial charge in [0.25, 0.3) is 5.56 Å². The number of rotatable bonds is 5. The van der Waals surface area contributed by atoms with Crippen LogP contribution < -0.4 is 10.9 Å². The number of fused-ring (bicyclic) bond motifs is 1. The molecular formula is C20H17N5O2S. The summed E-state index contributed by atoms with van der Waals surface area (Å²) < 4.78 is 1.46. The summed E-state index contributed by atoms with van der Waals surface area (Å²) in [5.74, 6) is -0.205. The number of aromatic nitrogens is 4. The van der Waals surface area contributed by atoms with Crippen molar-refractivity contribution in [3.63, 3.8) is 0 Å². The lowest BCUT2D eigenvalue weighted by molar-refractivity contribution is -0.116. The molecule has 0 aliphatic carbocycles. The van der Waals surface area contributed by atoms with Crippen LogP contribution in [0.3, 0.4) is 0 Å². The van der Waals surface area contributed by atoms with E-state index in [4.69, 9.17) is 0 Å². The number of amides is 1. The van der Waals surface area contributed by atoms with E-state index in [1.807, 2.05) is 36.6 Å². The second-order valence-electron chi connectivity index (χ2n) is 6.29. The fourth-order valence-electron chi connectivity index (χ4n) is 2.88. The van der Waals surface area contributed by atoms with E-state index in [1.165, 1.54) is 22.2 Å². The number of benzene rings is 1. The minimum absolute atomic E-state index is 0.144. The first-order valence-electron chi connectivity index (χ1n) is 8.72. The maximum atomic E-state index is 12.6. The van der Waals surface area contributed by atoms with Crippen molar-refractivity contribution in [2.24, 2.45) is 0 Å². The first kappa shape index (κ1) is 18.0. The van der Waals surface area contributed by atoms with E-state index >= 15 is 0 Å². The summed E-state index contributed by atoms with van der Waals surface area (Å²) >= 11 is 1.35. The number of thiazole rings is 1. The minimum atomic E-state index is -0.205. The summed E-state index contributed by atoms with van der Waals surface area (Å²) in [6.07, 6.45) is 5.07. The van der Waals surface area contributed by atoms with Crippen LogP contribution in [0, 0.1) is 6.92 Å². The molecule has 1 N–H and O–H groups in total. The van der Waals surface area contributed by atoms with E-state index in [2.05, 4.69) is 20.3 Å². The molecule has 8 heteroatoms. The molecule has 1 amide bonds. The molecule has 4 aromatic rings. The Labute approximate surface area is 164 Å². The average molecular weight is 391 g/mol. The van der Waals surface area contributed by atoms with Crippen molar-refractivity contribution < 1.29 is 4.79 Å². The number of nitrogens with zero attached hydrogens (tertiary/aromatic N) is 4. The molecule has 3 heterocycles. The molecule has 140 valence electrons. The van der Waals surface area contributed by atoms with Crippen LogP contribution >= 0.6 is 11.3 Å². The van der Waals surface area contributed by atoms with Gasteiger partial charge in [-0.1, -0.05) is 12.1 Å². The van der Waals surface area contributed by atoms with Crippen molar-refractivity contribution in [1.29, 1.82) is 0 Å². The lowest BCUT2D eigenvalue weighted by atomic mass is 10.1. The van der Waals surface area contributed by atoms with E-state index in [9.17, 15) is 9.59 Å². The van der Waals surface area contributed by atoms with Gasteiger partial charge in [0.2, 0.25) is 5.91 Å². The van der Waals surface area contributed by atoms with Crippen LogP contribution in [-0.2, 0) is 11.3 Å². The molecule has 1 aromatic carbocycles. The Balaban J connectivity index is 1.43. The van der Waals surface area contributed by atoms with Gasteiger partial charge in [0.05, 0.1) is 22.9 Å². The highest BCUT2D eigenvalue weighted by atomic mass is 32.1. The molecule has 0 bridgehead atoms. The molecule has 0 spiro atoms. The van der Waals surface area contributed by atoms with Crippen LogP contribution in [-0.4, -0.2) is 25.4 Å². The number of aryl methyl sites for hydroxylation is 2. The Morgan fingerprint density at radius 3 is 2.96 bits per heavy atom. The molecule has 7 nitrogen and oxygen atoms in total. The molecule has 0 saturated carbocycles. The van der Waals surface area contributed by atoms with Gasteiger partial charge in [0.1, 0.15) is 0 Å². The van der Waals surface area contributed by atoms with Gasteiger partial charge in [-0.05, 0) is 30.7 Å². The summed E-state index contributed by atoms with van der Waals surface area (Å²) in [7, 11) is 0. The first-order valence-corrected chi connectivity index (χ1v) is 9.60. The highest BCUT2D eigenvalue weighted by Crippen LogP contribution is 2.24. The zero-order valence-electron chi connectivity index (χ0n) is 15.1. The molecule has 4 rings (SSSR count). The van der Waals surface area contributed by atoms with Crippen LogP contribution in [0.15, 0.2) is 59.2 Å². The third-order valence-corrected chi connectivity index (χ3v) is 5.10. The second kappa shape index (κ2) is 7.69. The predicted molar refractivity (Wildman–Crippen MR) is 109 cm³/mol. The molecule has 0 saturated heterocycles. The number of hydrogen-bond acceptors (Lipinski definition) is 6. The third-order valence-electron chi connectivity index (χ3n) is 4.34. The SMILES string of the molecule is Cc1cccc2c(=O)n(CCC(=O)Nc3nc(-c4cccnc4)cs3)cnc12. The van der Waals surface area contributed by atoms with Crippen LogP contribution in [0.25, 0.3) is 22.2 Å². The summed E-state index contributed by atoms with van der Waals surface area (Å²) in [6, 6.07) is 9.25. The lowest BCUT2D eigenvalue weighted by Crippen LogP contribution is -2.23. The zero-order valence-corrected chi connectivity index (χ0v) is 15.9. The molecule has 0 aliphatic heterocycles. The van der Waals surface area contributed by atoms with Crippen molar-refractivity contribution in [3.8, 4) is 11.3 Å². The van der Waals surface area contributed by atoms with Crippen LogP contribution in [0.4, 0.5) is 5.13 Å². The predicted octanol–water partition coefficient (Wildman–Crippen LogP) is 3.25. The van der Waals surface area contributed by atoms with E-state index in [0.717, 1.165) is 16.8 Å². The zero-order chi connectivity index (χ0) is 19.5. The number of pyridine rings is 1. The van der Waals surface area contributed by atoms with Gasteiger partial charge in [-0.15, -0.1) is 11.3 Å². The topological polar surface area (TPSA) is 89.8 Å². The summed E-state index contributed by atoms with van der Waals surface area (Å²) in [5, 5.41) is 5.72. The smallest absolute Gasteiger partial charge is 0.261 e. The van der Waals surface area contributed by atoms with Crippen LogP contribution in [0.5, 0.6) is 0 Å². The number of anilines is 1. The molecule has 0 atom stereocenters. The summed E-state index contributed by atoms with van der Waals surface area (Å²) in [6.45, 7) is 2.17. The highest BCUT2D eigenvalue weighted by molar-refractivity contribution is 7.14. The number of hydrogen-bond donors (Lipinski definition) is 1. The van der Waals surface area contributed by atoms with Crippen molar-refractivity contribution in [2.45, 2.75) is 19.9 Å². The molecular weight excluding hydrogens is 374 g/mol. The maximum absolute atomic E-state index is 12.6. The minimum Gasteiger partial charge on any atom is -0.302 e. The Kier molecular flexibility index (Phi) is 4.94.